The maximum absolute atomic E-state index is 9.79. The van der Waals surface area contributed by atoms with E-state index in [1.807, 2.05) is 6.07 Å². The fourth-order valence-electron chi connectivity index (χ4n) is 1.54. The molecule has 2 aromatic rings. The lowest BCUT2D eigenvalue weighted by atomic mass is 10.0. The van der Waals surface area contributed by atoms with E-state index in [2.05, 4.69) is 20.6 Å². The summed E-state index contributed by atoms with van der Waals surface area (Å²) >= 11 is 0. The van der Waals surface area contributed by atoms with Gasteiger partial charge in [0.2, 0.25) is 5.82 Å². The molecule has 0 fully saturated rings. The Morgan fingerprint density at radius 3 is 2.56 bits per heavy atom. The van der Waals surface area contributed by atoms with Crippen molar-refractivity contribution in [1.82, 2.24) is 20.6 Å². The highest BCUT2D eigenvalue weighted by molar-refractivity contribution is 5.54. The van der Waals surface area contributed by atoms with Gasteiger partial charge in [0.05, 0.1) is 18.6 Å². The molecular formula is C11H11N5O2. The average molecular weight is 245 g/mol. The van der Waals surface area contributed by atoms with Crippen molar-refractivity contribution in [2.45, 2.75) is 18.6 Å². The van der Waals surface area contributed by atoms with Crippen LogP contribution in [0.1, 0.15) is 18.1 Å². The van der Waals surface area contributed by atoms with Gasteiger partial charge in [-0.15, -0.1) is 10.2 Å². The molecule has 7 nitrogen and oxygen atoms in total. The van der Waals surface area contributed by atoms with Crippen molar-refractivity contribution in [1.29, 1.82) is 5.26 Å². The number of nitrogens with one attached hydrogen (secondary N) is 1. The molecule has 0 amide bonds. The van der Waals surface area contributed by atoms with Crippen LogP contribution in [0, 0.1) is 11.3 Å². The number of nitrogens with zero attached hydrogens (tertiary/aromatic N) is 4. The highest BCUT2D eigenvalue weighted by atomic mass is 16.3. The van der Waals surface area contributed by atoms with Crippen LogP contribution in [0.15, 0.2) is 24.3 Å². The molecule has 2 rings (SSSR count). The number of aliphatic hydroxyl groups is 2. The summed E-state index contributed by atoms with van der Waals surface area (Å²) in [5.74, 6) is 0.452. The topological polar surface area (TPSA) is 119 Å². The highest BCUT2D eigenvalue weighted by Crippen LogP contribution is 2.21. The zero-order valence-corrected chi connectivity index (χ0v) is 9.35. The number of rotatable bonds is 4. The third-order valence-electron chi connectivity index (χ3n) is 2.52. The zero-order valence-electron chi connectivity index (χ0n) is 9.35. The second kappa shape index (κ2) is 5.35. The van der Waals surface area contributed by atoms with Crippen molar-refractivity contribution in [3.8, 4) is 17.5 Å². The number of hydrogen-bond donors (Lipinski definition) is 3. The Bertz CT molecular complexity index is 532. The minimum atomic E-state index is -1.09. The minimum Gasteiger partial charge on any atom is -0.389 e. The molecular weight excluding hydrogens is 234 g/mol. The average Bonchev–Trinajstić information content (AvgIpc) is 2.92. The largest absolute Gasteiger partial charge is 0.389 e. The third kappa shape index (κ3) is 2.51. The van der Waals surface area contributed by atoms with Crippen molar-refractivity contribution in [2.24, 2.45) is 0 Å². The van der Waals surface area contributed by atoms with Gasteiger partial charge in [0.1, 0.15) is 6.10 Å². The summed E-state index contributed by atoms with van der Waals surface area (Å²) in [6.45, 7) is 0. The lowest BCUT2D eigenvalue weighted by Crippen LogP contribution is -2.17. The van der Waals surface area contributed by atoms with Gasteiger partial charge >= 0.3 is 0 Å². The summed E-state index contributed by atoms with van der Waals surface area (Å²) in [5, 5.41) is 41.2. The van der Waals surface area contributed by atoms with E-state index >= 15 is 0 Å². The number of nitriles is 1. The van der Waals surface area contributed by atoms with Crippen LogP contribution in [0.4, 0.5) is 0 Å². The van der Waals surface area contributed by atoms with E-state index in [0.717, 1.165) is 5.56 Å². The second-order valence-electron chi connectivity index (χ2n) is 3.73. The lowest BCUT2D eigenvalue weighted by Gasteiger charge is -2.15. The molecule has 0 saturated carbocycles. The second-order valence-corrected chi connectivity index (χ2v) is 3.73. The molecule has 0 aliphatic heterocycles. The van der Waals surface area contributed by atoms with E-state index in [1.165, 1.54) is 0 Å². The van der Waals surface area contributed by atoms with Gasteiger partial charge in [-0.2, -0.15) is 10.5 Å². The Morgan fingerprint density at radius 1 is 1.28 bits per heavy atom. The first-order valence-electron chi connectivity index (χ1n) is 5.29. The Labute approximate surface area is 103 Å². The van der Waals surface area contributed by atoms with Gasteiger partial charge in [0.25, 0.3) is 0 Å². The maximum atomic E-state index is 9.79. The van der Waals surface area contributed by atoms with Crippen molar-refractivity contribution >= 4 is 0 Å². The summed E-state index contributed by atoms with van der Waals surface area (Å²) in [5.41, 5.74) is 1.28. The Balaban J connectivity index is 2.15. The third-order valence-corrected chi connectivity index (χ3v) is 2.52. The zero-order chi connectivity index (χ0) is 13.0. The summed E-state index contributed by atoms with van der Waals surface area (Å²) in [6.07, 6.45) is -2.29. The van der Waals surface area contributed by atoms with E-state index < -0.39 is 12.2 Å². The number of hydrogen-bond acceptors (Lipinski definition) is 6. The van der Waals surface area contributed by atoms with Gasteiger partial charge < -0.3 is 10.2 Å². The first-order valence-corrected chi connectivity index (χ1v) is 5.29. The van der Waals surface area contributed by atoms with Gasteiger partial charge in [-0.25, -0.2) is 0 Å². The molecule has 2 atom stereocenters. The standard InChI is InChI=1S/C11H11N5O2/c12-6-5-9(17)10(18)7-1-3-8(4-2-7)11-13-15-16-14-11/h1-4,9-10,17-18H,5H2,(H,13,14,15,16). The lowest BCUT2D eigenvalue weighted by molar-refractivity contribution is 0.0216. The molecule has 0 radical (unpaired) electrons. The van der Waals surface area contributed by atoms with Gasteiger partial charge in [0, 0.05) is 5.56 Å². The quantitative estimate of drug-likeness (QED) is 0.706. The number of aliphatic hydroxyl groups excluding tert-OH is 2. The number of H-pyrrole nitrogens is 1. The molecule has 0 spiro atoms. The molecule has 92 valence electrons. The molecule has 3 N–H and O–H groups in total. The fourth-order valence-corrected chi connectivity index (χ4v) is 1.54. The number of aromatic amines is 1. The van der Waals surface area contributed by atoms with Crippen LogP contribution >= 0.6 is 0 Å². The van der Waals surface area contributed by atoms with Crippen LogP contribution in [0.3, 0.4) is 0 Å². The van der Waals surface area contributed by atoms with Gasteiger partial charge in [-0.1, -0.05) is 24.3 Å². The molecule has 1 aromatic carbocycles. The van der Waals surface area contributed by atoms with Gasteiger partial charge in [0.15, 0.2) is 0 Å². The molecule has 18 heavy (non-hydrogen) atoms. The summed E-state index contributed by atoms with van der Waals surface area (Å²) < 4.78 is 0. The van der Waals surface area contributed by atoms with Crippen LogP contribution in [-0.4, -0.2) is 36.9 Å². The molecule has 0 aliphatic carbocycles. The number of aromatic nitrogens is 4. The summed E-state index contributed by atoms with van der Waals surface area (Å²) in [7, 11) is 0. The smallest absolute Gasteiger partial charge is 0.204 e. The van der Waals surface area contributed by atoms with Crippen LogP contribution in [0.2, 0.25) is 0 Å². The van der Waals surface area contributed by atoms with Crippen LogP contribution in [-0.2, 0) is 0 Å². The molecule has 1 aromatic heterocycles. The van der Waals surface area contributed by atoms with E-state index in [4.69, 9.17) is 5.26 Å². The predicted octanol–water partition coefficient (Wildman–Crippen LogP) is 0.175. The first-order chi connectivity index (χ1) is 8.72. The van der Waals surface area contributed by atoms with E-state index in [-0.39, 0.29) is 6.42 Å². The SMILES string of the molecule is N#CCC(O)C(O)c1ccc(-c2nn[nH]n2)cc1. The fraction of sp³-hybridized carbons (Fsp3) is 0.273. The minimum absolute atomic E-state index is 0.117. The van der Waals surface area contributed by atoms with Crippen LogP contribution < -0.4 is 0 Å². The molecule has 2 unspecified atom stereocenters. The predicted molar refractivity (Wildman–Crippen MR) is 60.8 cm³/mol. The maximum Gasteiger partial charge on any atom is 0.204 e. The number of benzene rings is 1. The van der Waals surface area contributed by atoms with Crippen LogP contribution in [0.5, 0.6) is 0 Å². The van der Waals surface area contributed by atoms with Crippen molar-refractivity contribution < 1.29 is 10.2 Å². The van der Waals surface area contributed by atoms with E-state index in [0.29, 0.717) is 11.4 Å². The molecule has 7 heteroatoms. The monoisotopic (exact) mass is 245 g/mol. The van der Waals surface area contributed by atoms with E-state index in [1.54, 1.807) is 24.3 Å². The summed E-state index contributed by atoms with van der Waals surface area (Å²) in [4.78, 5) is 0. The Hall–Kier alpha value is -2.30. The molecule has 0 aliphatic rings. The highest BCUT2D eigenvalue weighted by Gasteiger charge is 2.18. The molecule has 0 bridgehead atoms. The van der Waals surface area contributed by atoms with Crippen molar-refractivity contribution in [3.63, 3.8) is 0 Å². The van der Waals surface area contributed by atoms with Crippen molar-refractivity contribution in [3.05, 3.63) is 29.8 Å². The number of tetrazole rings is 1. The first kappa shape index (κ1) is 12.2. The van der Waals surface area contributed by atoms with Gasteiger partial charge in [-0.3, -0.25) is 0 Å². The van der Waals surface area contributed by atoms with Crippen LogP contribution in [0.25, 0.3) is 11.4 Å². The molecule has 1 heterocycles. The normalized spacial score (nSPS) is 13.8. The Morgan fingerprint density at radius 2 is 2.00 bits per heavy atom. The summed E-state index contributed by atoms with van der Waals surface area (Å²) in [6, 6.07) is 8.53. The molecule has 0 saturated heterocycles. The Kier molecular flexibility index (Phi) is 3.62. The van der Waals surface area contributed by atoms with Gasteiger partial charge in [-0.05, 0) is 10.8 Å². The van der Waals surface area contributed by atoms with Crippen molar-refractivity contribution in [2.75, 3.05) is 0 Å². The van der Waals surface area contributed by atoms with E-state index in [9.17, 15) is 10.2 Å².